The number of hydrogen-bond donors (Lipinski definition) is 0. The fourth-order valence-corrected chi connectivity index (χ4v) is 2.02. The predicted molar refractivity (Wildman–Crippen MR) is 75.5 cm³/mol. The second kappa shape index (κ2) is 5.07. The molecule has 0 radical (unpaired) electrons. The lowest BCUT2D eigenvalue weighted by Gasteiger charge is -2.34. The first-order valence-corrected chi connectivity index (χ1v) is 6.10. The van der Waals surface area contributed by atoms with Gasteiger partial charge in [-0.25, -0.2) is 0 Å². The average molecular weight is 265 g/mol. The van der Waals surface area contributed by atoms with Crippen LogP contribution in [-0.2, 0) is 0 Å². The van der Waals surface area contributed by atoms with Crippen molar-refractivity contribution in [2.75, 3.05) is 0 Å². The van der Waals surface area contributed by atoms with Crippen LogP contribution in [0.4, 0.5) is 0 Å². The van der Waals surface area contributed by atoms with E-state index in [0.29, 0.717) is 27.5 Å². The zero-order valence-corrected chi connectivity index (χ0v) is 10.5. The molecule has 0 atom stereocenters. The van der Waals surface area contributed by atoms with Gasteiger partial charge in [-0.15, -0.1) is 0 Å². The topological polar surface area (TPSA) is 59.3 Å². The van der Waals surface area contributed by atoms with Crippen LogP contribution in [0.3, 0.4) is 0 Å². The van der Waals surface area contributed by atoms with Gasteiger partial charge in [-0.3, -0.25) is 4.98 Å². The Bertz CT molecular complexity index is 697. The van der Waals surface area contributed by atoms with Crippen molar-refractivity contribution in [3.63, 3.8) is 0 Å². The smallest absolute Gasteiger partial charge is 0.285 e. The van der Waals surface area contributed by atoms with Gasteiger partial charge in [0.25, 0.3) is 5.70 Å². The molecule has 5 nitrogen and oxygen atoms in total. The molecule has 98 valence electrons. The largest absolute Gasteiger partial charge is 0.754 e. The third-order valence-corrected chi connectivity index (χ3v) is 2.96. The van der Waals surface area contributed by atoms with Gasteiger partial charge in [-0.1, -0.05) is 12.1 Å². The van der Waals surface area contributed by atoms with E-state index in [-0.39, 0.29) is 0 Å². The number of hydroxylamine groups is 2. The van der Waals surface area contributed by atoms with Crippen LogP contribution in [0.5, 0.6) is 0 Å². The monoisotopic (exact) mass is 265 g/mol. The summed E-state index contributed by atoms with van der Waals surface area (Å²) in [6, 6.07) is 5.35. The van der Waals surface area contributed by atoms with E-state index in [1.54, 1.807) is 54.8 Å². The molecule has 0 amide bonds. The van der Waals surface area contributed by atoms with Gasteiger partial charge in [-0.2, -0.15) is 0 Å². The lowest BCUT2D eigenvalue weighted by molar-refractivity contribution is -0.421. The summed E-state index contributed by atoms with van der Waals surface area (Å²) in [6.45, 7) is 0. The van der Waals surface area contributed by atoms with Crippen molar-refractivity contribution in [2.45, 2.75) is 0 Å². The highest BCUT2D eigenvalue weighted by atomic mass is 16.5. The summed E-state index contributed by atoms with van der Waals surface area (Å²) in [5, 5.41) is 13.2. The van der Waals surface area contributed by atoms with Crippen LogP contribution in [-0.4, -0.2) is 14.8 Å². The number of pyridine rings is 1. The molecule has 0 N–H and O–H groups in total. The maximum Gasteiger partial charge on any atom is 0.285 e. The van der Waals surface area contributed by atoms with Crippen LogP contribution in [0.1, 0.15) is 5.69 Å². The molecular formula is C15H11N3O2. The Labute approximate surface area is 115 Å². The molecule has 5 heteroatoms. The third kappa shape index (κ3) is 2.10. The Kier molecular flexibility index (Phi) is 3.10. The first-order chi connectivity index (χ1) is 9.77. The summed E-state index contributed by atoms with van der Waals surface area (Å²) >= 11 is 0. The van der Waals surface area contributed by atoms with Crippen LogP contribution in [0, 0.1) is 10.1 Å². The Morgan fingerprint density at radius 1 is 1.15 bits per heavy atom. The number of aromatic nitrogens is 1. The highest BCUT2D eigenvalue weighted by Crippen LogP contribution is 2.28. The second-order valence-electron chi connectivity index (χ2n) is 4.22. The van der Waals surface area contributed by atoms with Crippen molar-refractivity contribution < 1.29 is 4.76 Å². The Morgan fingerprint density at radius 3 is 2.80 bits per heavy atom. The highest BCUT2D eigenvalue weighted by Gasteiger charge is 2.23. The number of hydrogen-bond acceptors (Lipinski definition) is 4. The van der Waals surface area contributed by atoms with E-state index in [1.807, 2.05) is 6.07 Å². The second-order valence-corrected chi connectivity index (χ2v) is 4.22. The van der Waals surface area contributed by atoms with Crippen molar-refractivity contribution in [3.8, 4) is 0 Å². The highest BCUT2D eigenvalue weighted by molar-refractivity contribution is 5.68. The SMILES string of the molecule is O=[N+]1C=CC=CC1=C1C=CC=C(c2ccccn2)N1[O-]. The van der Waals surface area contributed by atoms with Gasteiger partial charge in [-0.05, 0) is 30.4 Å². The van der Waals surface area contributed by atoms with Gasteiger partial charge >= 0.3 is 0 Å². The van der Waals surface area contributed by atoms with Crippen molar-refractivity contribution in [2.24, 2.45) is 0 Å². The molecule has 20 heavy (non-hydrogen) atoms. The van der Waals surface area contributed by atoms with Crippen LogP contribution in [0.2, 0.25) is 0 Å². The summed E-state index contributed by atoms with van der Waals surface area (Å²) in [5.74, 6) is 0. The Hall–Kier alpha value is -2.79. The number of allylic oxidation sites excluding steroid dienone is 6. The van der Waals surface area contributed by atoms with Gasteiger partial charge in [0.05, 0.1) is 16.2 Å². The molecule has 0 saturated carbocycles. The van der Waals surface area contributed by atoms with E-state index < -0.39 is 0 Å². The van der Waals surface area contributed by atoms with E-state index >= 15 is 0 Å². The van der Waals surface area contributed by atoms with Crippen LogP contribution in [0.25, 0.3) is 5.70 Å². The number of nitrogens with zero attached hydrogens (tertiary/aromatic N) is 3. The van der Waals surface area contributed by atoms with Crippen molar-refractivity contribution in [1.29, 1.82) is 0 Å². The molecule has 0 bridgehead atoms. The van der Waals surface area contributed by atoms with Crippen molar-refractivity contribution in [1.82, 2.24) is 10.0 Å². The summed E-state index contributed by atoms with van der Waals surface area (Å²) in [4.78, 5) is 15.9. The van der Waals surface area contributed by atoms with E-state index in [9.17, 15) is 10.1 Å². The van der Waals surface area contributed by atoms with Gasteiger partial charge < -0.3 is 10.3 Å². The average Bonchev–Trinajstić information content (AvgIpc) is 2.49. The maximum atomic E-state index is 12.4. The number of rotatable bonds is 1. The fourth-order valence-electron chi connectivity index (χ4n) is 2.02. The normalized spacial score (nSPS) is 21.4. The van der Waals surface area contributed by atoms with Gasteiger partial charge in [0.15, 0.2) is 0 Å². The molecule has 0 saturated heterocycles. The first kappa shape index (κ1) is 12.3. The van der Waals surface area contributed by atoms with Crippen LogP contribution >= 0.6 is 0 Å². The third-order valence-electron chi connectivity index (χ3n) is 2.96. The molecule has 0 aromatic carbocycles. The minimum atomic E-state index is 0.295. The minimum Gasteiger partial charge on any atom is -0.754 e. The van der Waals surface area contributed by atoms with E-state index in [0.717, 1.165) is 5.06 Å². The summed E-state index contributed by atoms with van der Waals surface area (Å²) in [7, 11) is 0. The molecule has 1 aromatic rings. The molecule has 2 aliphatic rings. The van der Waals surface area contributed by atoms with Crippen LogP contribution < -0.4 is 0 Å². The molecule has 3 heterocycles. The first-order valence-electron chi connectivity index (χ1n) is 6.10. The predicted octanol–water partition coefficient (Wildman–Crippen LogP) is 2.87. The summed E-state index contributed by atoms with van der Waals surface area (Å²) in [5.41, 5.74) is 1.58. The Balaban J connectivity index is 2.03. The standard InChI is InChI=1S/C15H11N3O2/c19-17-11-4-2-7-14(17)15-9-5-8-13(18(15)20)12-6-1-3-10-16-12/h1-11H. The zero-order valence-electron chi connectivity index (χ0n) is 10.5. The quantitative estimate of drug-likeness (QED) is 0.732. The fraction of sp³-hybridized carbons (Fsp3) is 0. The van der Waals surface area contributed by atoms with Crippen LogP contribution in [0.15, 0.2) is 78.4 Å². The molecule has 0 unspecified atom stereocenters. The van der Waals surface area contributed by atoms with E-state index in [1.165, 1.54) is 6.20 Å². The van der Waals surface area contributed by atoms with Gasteiger partial charge in [0.2, 0.25) is 6.20 Å². The number of nitroso groups, excluding NO2 is 1. The summed E-state index contributed by atoms with van der Waals surface area (Å²) in [6.07, 6.45) is 13.0. The molecule has 2 aliphatic heterocycles. The minimum absolute atomic E-state index is 0.295. The van der Waals surface area contributed by atoms with E-state index in [2.05, 4.69) is 4.98 Å². The zero-order chi connectivity index (χ0) is 13.9. The van der Waals surface area contributed by atoms with Crippen molar-refractivity contribution in [3.05, 3.63) is 94.3 Å². The van der Waals surface area contributed by atoms with Crippen molar-refractivity contribution >= 4 is 5.70 Å². The lowest BCUT2D eigenvalue weighted by Crippen LogP contribution is -2.20. The molecule has 3 rings (SSSR count). The summed E-state index contributed by atoms with van der Waals surface area (Å²) < 4.78 is 0.673. The molecule has 0 spiro atoms. The maximum absolute atomic E-state index is 12.4. The lowest BCUT2D eigenvalue weighted by atomic mass is 10.1. The Morgan fingerprint density at radius 2 is 2.05 bits per heavy atom. The molecule has 1 aromatic heterocycles. The van der Waals surface area contributed by atoms with E-state index in [4.69, 9.17) is 0 Å². The molecular weight excluding hydrogens is 254 g/mol. The van der Waals surface area contributed by atoms with Gasteiger partial charge in [0.1, 0.15) is 5.70 Å². The molecule has 0 aliphatic carbocycles. The molecule has 0 fully saturated rings. The van der Waals surface area contributed by atoms with Gasteiger partial charge in [0, 0.05) is 23.3 Å².